The molecule has 0 saturated carbocycles. The fourth-order valence-corrected chi connectivity index (χ4v) is 2.99. The van der Waals surface area contributed by atoms with Crippen molar-refractivity contribution in [1.82, 2.24) is 4.98 Å². The summed E-state index contributed by atoms with van der Waals surface area (Å²) in [6, 6.07) is 3.72. The van der Waals surface area contributed by atoms with Gasteiger partial charge in [-0.3, -0.25) is 0 Å². The van der Waals surface area contributed by atoms with Gasteiger partial charge in [0.15, 0.2) is 64.1 Å². The molecule has 0 saturated heterocycles. The van der Waals surface area contributed by atoms with E-state index in [0.717, 1.165) is 6.07 Å². The van der Waals surface area contributed by atoms with Crippen molar-refractivity contribution in [2.24, 2.45) is 0 Å². The lowest BCUT2D eigenvalue weighted by atomic mass is 9.54. The lowest BCUT2D eigenvalue weighted by Gasteiger charge is -2.22. The maximum atomic E-state index is 14.5. The summed E-state index contributed by atoms with van der Waals surface area (Å²) in [5, 5.41) is 0. The van der Waals surface area contributed by atoms with Crippen molar-refractivity contribution in [3.05, 3.63) is 82.1 Å². The molecule has 13 heteroatoms. The minimum atomic E-state index is -3.02. The maximum absolute atomic E-state index is 14.5. The van der Waals surface area contributed by atoms with E-state index in [1.165, 1.54) is 12.1 Å². The van der Waals surface area contributed by atoms with E-state index >= 15 is 0 Å². The van der Waals surface area contributed by atoms with E-state index in [0.29, 0.717) is 0 Å². The molecule has 34 heavy (non-hydrogen) atoms. The molecular weight excluding hydrogens is 483 g/mol. The van der Waals surface area contributed by atoms with Crippen molar-refractivity contribution in [2.75, 3.05) is 0 Å². The van der Waals surface area contributed by atoms with Crippen LogP contribution in [-0.4, -0.2) is 11.9 Å². The normalized spacial score (nSPS) is 11.7. The third-order valence-electron chi connectivity index (χ3n) is 4.74. The number of hydrogen-bond donors (Lipinski definition) is 0. The number of rotatable bonds is 4. The molecule has 2 nitrogen and oxygen atoms in total. The summed E-state index contributed by atoms with van der Waals surface area (Å²) in [5.41, 5.74) is -4.40. The Morgan fingerprint density at radius 2 is 0.941 bits per heavy atom. The average molecular weight is 495 g/mol. The fourth-order valence-electron chi connectivity index (χ4n) is 2.99. The summed E-state index contributed by atoms with van der Waals surface area (Å²) in [6.45, 7) is 2.00. The Kier molecular flexibility index (Phi) is 6.60. The molecule has 0 aliphatic carbocycles. The summed E-state index contributed by atoms with van der Waals surface area (Å²) in [5.74, 6) is -26.4. The number of benzene rings is 2. The number of halogens is 10. The highest BCUT2D eigenvalue weighted by molar-refractivity contribution is 6.80. The summed E-state index contributed by atoms with van der Waals surface area (Å²) in [6.07, 6.45) is 0. The second kappa shape index (κ2) is 8.84. The molecule has 0 unspecified atom stereocenters. The third-order valence-corrected chi connectivity index (χ3v) is 4.74. The van der Waals surface area contributed by atoms with Crippen LogP contribution in [0, 0.1) is 58.2 Å². The zero-order valence-corrected chi connectivity index (χ0v) is 17.4. The lowest BCUT2D eigenvalue weighted by Crippen LogP contribution is -2.55. The average Bonchev–Trinajstić information content (AvgIpc) is 2.78. The first kappa shape index (κ1) is 25.4. The van der Waals surface area contributed by atoms with Gasteiger partial charge in [-0.05, 0) is 12.1 Å². The monoisotopic (exact) mass is 495 g/mol. The summed E-state index contributed by atoms with van der Waals surface area (Å²) < 4.78 is 146. The van der Waals surface area contributed by atoms with E-state index in [-0.39, 0.29) is 5.69 Å². The van der Waals surface area contributed by atoms with Crippen LogP contribution in [0.2, 0.25) is 0 Å². The van der Waals surface area contributed by atoms with Crippen LogP contribution in [0.1, 0.15) is 26.5 Å². The van der Waals surface area contributed by atoms with E-state index in [2.05, 4.69) is 4.98 Å². The molecule has 3 rings (SSSR count). The Morgan fingerprint density at radius 3 is 1.29 bits per heavy atom. The van der Waals surface area contributed by atoms with Gasteiger partial charge in [-0.15, -0.1) is 0 Å². The molecule has 0 atom stereocenters. The Labute approximate surface area is 186 Å². The van der Waals surface area contributed by atoms with E-state index in [4.69, 9.17) is 4.65 Å². The highest BCUT2D eigenvalue weighted by Crippen LogP contribution is 2.24. The molecular formula is C21H12BF10NO. The molecule has 0 aliphatic heterocycles. The maximum Gasteiger partial charge on any atom is 0.440 e. The SMILES string of the molecule is CC(C)(C)c1cccc(OB(c2c(F)c(F)c(F)c(F)c2F)c2c(F)c(F)c(F)c(F)c2F)n1. The Bertz CT molecular complexity index is 1160. The Morgan fingerprint density at radius 1 is 0.588 bits per heavy atom. The number of aromatic nitrogens is 1. The predicted octanol–water partition coefficient (Wildman–Crippen LogP) is 4.95. The summed E-state index contributed by atoms with van der Waals surface area (Å²) >= 11 is 0. The van der Waals surface area contributed by atoms with Crippen LogP contribution in [0.5, 0.6) is 5.88 Å². The second-order valence-electron chi connectivity index (χ2n) is 8.08. The van der Waals surface area contributed by atoms with Gasteiger partial charge in [0.2, 0.25) is 0 Å². The molecule has 0 radical (unpaired) electrons. The van der Waals surface area contributed by atoms with Gasteiger partial charge in [-0.1, -0.05) is 26.8 Å². The molecule has 3 aromatic rings. The molecule has 0 amide bonds. The van der Waals surface area contributed by atoms with Crippen LogP contribution in [0.15, 0.2) is 18.2 Å². The van der Waals surface area contributed by atoms with Crippen LogP contribution < -0.4 is 15.6 Å². The zero-order valence-electron chi connectivity index (χ0n) is 17.4. The molecule has 0 bridgehead atoms. The van der Waals surface area contributed by atoms with Crippen molar-refractivity contribution < 1.29 is 48.6 Å². The first-order valence-electron chi connectivity index (χ1n) is 9.35. The molecule has 0 N–H and O–H groups in total. The van der Waals surface area contributed by atoms with Gasteiger partial charge >= 0.3 is 6.92 Å². The second-order valence-corrected chi connectivity index (χ2v) is 8.08. The first-order valence-corrected chi connectivity index (χ1v) is 9.35. The van der Waals surface area contributed by atoms with Crippen LogP contribution in [0.3, 0.4) is 0 Å². The van der Waals surface area contributed by atoms with Crippen LogP contribution in [0.4, 0.5) is 43.9 Å². The third kappa shape index (κ3) is 4.18. The summed E-state index contributed by atoms with van der Waals surface area (Å²) in [4.78, 5) is 3.94. The van der Waals surface area contributed by atoms with E-state index in [1.807, 2.05) is 0 Å². The molecule has 0 spiro atoms. The standard InChI is InChI=1S/C21H12BF10NO/c1-21(2,3)7-5-4-6-8(33-7)34-22(9-11(23)15(27)19(31)16(28)12(9)24)10-13(25)17(29)20(32)18(30)14(10)26/h4-6H,1-3H3. The van der Waals surface area contributed by atoms with E-state index in [1.54, 1.807) is 20.8 Å². The van der Waals surface area contributed by atoms with Crippen molar-refractivity contribution in [1.29, 1.82) is 0 Å². The molecule has 1 aromatic heterocycles. The van der Waals surface area contributed by atoms with E-state index in [9.17, 15) is 43.9 Å². The van der Waals surface area contributed by atoms with E-state index < -0.39 is 87.3 Å². The van der Waals surface area contributed by atoms with Gasteiger partial charge in [0.25, 0.3) is 0 Å². The number of pyridine rings is 1. The van der Waals surface area contributed by atoms with Crippen molar-refractivity contribution in [3.63, 3.8) is 0 Å². The van der Waals surface area contributed by atoms with Crippen LogP contribution in [-0.2, 0) is 5.41 Å². The minimum Gasteiger partial charge on any atom is -0.537 e. The molecule has 2 aromatic carbocycles. The Hall–Kier alpha value is -3.25. The van der Waals surface area contributed by atoms with Gasteiger partial charge in [-0.25, -0.2) is 48.9 Å². The van der Waals surface area contributed by atoms with Gasteiger partial charge in [-0.2, -0.15) is 0 Å². The predicted molar refractivity (Wildman–Crippen MR) is 101 cm³/mol. The lowest BCUT2D eigenvalue weighted by molar-refractivity contribution is 0.379. The van der Waals surface area contributed by atoms with Crippen LogP contribution in [0.25, 0.3) is 0 Å². The molecule has 0 fully saturated rings. The smallest absolute Gasteiger partial charge is 0.440 e. The fraction of sp³-hybridized carbons (Fsp3) is 0.190. The summed E-state index contributed by atoms with van der Waals surface area (Å²) in [7, 11) is 0. The van der Waals surface area contributed by atoms with Crippen molar-refractivity contribution in [2.45, 2.75) is 26.2 Å². The molecule has 1 heterocycles. The number of hydrogen-bond acceptors (Lipinski definition) is 2. The van der Waals surface area contributed by atoms with Crippen molar-refractivity contribution in [3.8, 4) is 5.88 Å². The number of nitrogens with zero attached hydrogens (tertiary/aromatic N) is 1. The highest BCUT2D eigenvalue weighted by Gasteiger charge is 2.43. The highest BCUT2D eigenvalue weighted by atomic mass is 19.2. The van der Waals surface area contributed by atoms with Gasteiger partial charge in [0.05, 0.1) is 0 Å². The first-order chi connectivity index (χ1) is 15.7. The molecule has 180 valence electrons. The topological polar surface area (TPSA) is 22.1 Å². The zero-order chi connectivity index (χ0) is 25.7. The minimum absolute atomic E-state index is 0.249. The van der Waals surface area contributed by atoms with Gasteiger partial charge < -0.3 is 4.65 Å². The quantitative estimate of drug-likeness (QED) is 0.221. The molecule has 0 aliphatic rings. The van der Waals surface area contributed by atoms with Crippen LogP contribution >= 0.6 is 0 Å². The van der Waals surface area contributed by atoms with Gasteiger partial charge in [0, 0.05) is 22.0 Å². The largest absolute Gasteiger partial charge is 0.537 e. The Balaban J connectivity index is 2.37. The van der Waals surface area contributed by atoms with Gasteiger partial charge in [0.1, 0.15) is 0 Å². The van der Waals surface area contributed by atoms with Crippen molar-refractivity contribution >= 4 is 17.8 Å².